The van der Waals surface area contributed by atoms with Gasteiger partial charge in [0.25, 0.3) is 5.91 Å². The van der Waals surface area contributed by atoms with Gasteiger partial charge in [0.2, 0.25) is 0 Å². The van der Waals surface area contributed by atoms with E-state index in [4.69, 9.17) is 14.0 Å². The van der Waals surface area contributed by atoms with Crippen LogP contribution in [0.2, 0.25) is 0 Å². The van der Waals surface area contributed by atoms with E-state index in [1.807, 2.05) is 30.3 Å². The van der Waals surface area contributed by atoms with Gasteiger partial charge in [-0.25, -0.2) is 0 Å². The topological polar surface area (TPSA) is 90.7 Å². The normalized spacial score (nSPS) is 10.4. The number of esters is 1. The molecule has 30 heavy (non-hydrogen) atoms. The van der Waals surface area contributed by atoms with Crippen LogP contribution in [0.15, 0.2) is 65.2 Å². The molecule has 0 saturated heterocycles. The van der Waals surface area contributed by atoms with Gasteiger partial charge in [-0.1, -0.05) is 48.8 Å². The van der Waals surface area contributed by atoms with Gasteiger partial charge in [-0.15, -0.1) is 0 Å². The molecule has 3 rings (SSSR count). The molecule has 1 aromatic heterocycles. The van der Waals surface area contributed by atoms with Crippen molar-refractivity contribution in [1.29, 1.82) is 0 Å². The van der Waals surface area contributed by atoms with Gasteiger partial charge in [0.1, 0.15) is 24.6 Å². The minimum absolute atomic E-state index is 0.0329. The van der Waals surface area contributed by atoms with Crippen molar-refractivity contribution in [3.8, 4) is 17.1 Å². The zero-order valence-electron chi connectivity index (χ0n) is 16.8. The number of carbonyl (C=O) groups excluding carboxylic acids is 2. The number of hydrogen-bond acceptors (Lipinski definition) is 6. The van der Waals surface area contributed by atoms with Crippen molar-refractivity contribution in [1.82, 2.24) is 10.5 Å². The van der Waals surface area contributed by atoms with Crippen LogP contribution in [-0.4, -0.2) is 30.2 Å². The van der Waals surface area contributed by atoms with Crippen molar-refractivity contribution in [2.75, 3.05) is 13.2 Å². The van der Waals surface area contributed by atoms with E-state index in [1.54, 1.807) is 30.3 Å². The molecule has 2 aromatic carbocycles. The smallest absolute Gasteiger partial charge is 0.325 e. The average Bonchev–Trinajstić information content (AvgIpc) is 3.26. The summed E-state index contributed by atoms with van der Waals surface area (Å²) in [6.45, 7) is 2.47. The highest BCUT2D eigenvalue weighted by molar-refractivity contribution is 5.96. The third-order valence-corrected chi connectivity index (χ3v) is 4.27. The van der Waals surface area contributed by atoms with Gasteiger partial charge in [-0.3, -0.25) is 9.59 Å². The summed E-state index contributed by atoms with van der Waals surface area (Å²) in [7, 11) is 0. The van der Waals surface area contributed by atoms with Gasteiger partial charge in [-0.2, -0.15) is 0 Å². The Morgan fingerprint density at radius 1 is 1.07 bits per heavy atom. The van der Waals surface area contributed by atoms with Gasteiger partial charge in [0, 0.05) is 17.2 Å². The fourth-order valence-corrected chi connectivity index (χ4v) is 2.62. The molecule has 0 bridgehead atoms. The maximum atomic E-state index is 12.2. The number of benzene rings is 2. The Morgan fingerprint density at radius 3 is 2.57 bits per heavy atom. The lowest BCUT2D eigenvalue weighted by Crippen LogP contribution is -2.30. The average molecular weight is 408 g/mol. The van der Waals surface area contributed by atoms with E-state index in [9.17, 15) is 9.59 Å². The van der Waals surface area contributed by atoms with Crippen LogP contribution in [0.1, 0.15) is 35.8 Å². The second-order valence-corrected chi connectivity index (χ2v) is 6.62. The van der Waals surface area contributed by atoms with E-state index in [0.717, 1.165) is 18.4 Å². The second kappa shape index (κ2) is 10.8. The minimum atomic E-state index is -0.563. The summed E-state index contributed by atoms with van der Waals surface area (Å²) in [5, 5.41) is 6.43. The highest BCUT2D eigenvalue weighted by Gasteiger charge is 2.11. The van der Waals surface area contributed by atoms with Gasteiger partial charge >= 0.3 is 5.97 Å². The minimum Gasteiger partial charge on any atom is -0.494 e. The number of hydrogen-bond donors (Lipinski definition) is 1. The number of nitrogens with one attached hydrogen (secondary N) is 1. The number of nitrogens with zero attached hydrogens (tertiary/aromatic N) is 1. The Balaban J connectivity index is 1.41. The molecule has 0 spiro atoms. The van der Waals surface area contributed by atoms with Gasteiger partial charge in [-0.05, 0) is 30.7 Å². The molecule has 0 fully saturated rings. The second-order valence-electron chi connectivity index (χ2n) is 6.62. The van der Waals surface area contributed by atoms with E-state index < -0.39 is 5.97 Å². The van der Waals surface area contributed by atoms with E-state index in [1.165, 1.54) is 0 Å². The number of unbranched alkanes of at least 4 members (excludes halogenated alkanes) is 1. The SMILES string of the molecule is CCCCOc1ccc(C(=O)NCC(=O)OCc2cc(-c3ccccc3)on2)cc1. The molecule has 0 atom stereocenters. The molecule has 1 heterocycles. The Labute approximate surface area is 175 Å². The van der Waals surface area contributed by atoms with Crippen LogP contribution in [0, 0.1) is 0 Å². The third kappa shape index (κ3) is 6.20. The fraction of sp³-hybridized carbons (Fsp3) is 0.261. The summed E-state index contributed by atoms with van der Waals surface area (Å²) in [4.78, 5) is 24.1. The monoisotopic (exact) mass is 408 g/mol. The van der Waals surface area contributed by atoms with Crippen LogP contribution >= 0.6 is 0 Å². The largest absolute Gasteiger partial charge is 0.494 e. The van der Waals surface area contributed by atoms with E-state index >= 15 is 0 Å². The molecule has 0 aliphatic carbocycles. The quantitative estimate of drug-likeness (QED) is 0.403. The van der Waals surface area contributed by atoms with Crippen molar-refractivity contribution in [3.63, 3.8) is 0 Å². The van der Waals surface area contributed by atoms with E-state index in [2.05, 4.69) is 17.4 Å². The van der Waals surface area contributed by atoms with E-state index in [-0.39, 0.29) is 19.1 Å². The Hall–Kier alpha value is -3.61. The summed E-state index contributed by atoms with van der Waals surface area (Å²) in [6.07, 6.45) is 2.04. The molecule has 1 amide bonds. The summed E-state index contributed by atoms with van der Waals surface area (Å²) in [5.41, 5.74) is 1.82. The zero-order chi connectivity index (χ0) is 21.2. The maximum Gasteiger partial charge on any atom is 0.325 e. The lowest BCUT2D eigenvalue weighted by atomic mass is 10.2. The fourth-order valence-electron chi connectivity index (χ4n) is 2.62. The van der Waals surface area contributed by atoms with Crippen LogP contribution in [-0.2, 0) is 16.1 Å². The number of amides is 1. The molecular formula is C23H24N2O5. The first-order valence-corrected chi connectivity index (χ1v) is 9.83. The van der Waals surface area contributed by atoms with E-state index in [0.29, 0.717) is 29.4 Å². The Morgan fingerprint density at radius 2 is 1.83 bits per heavy atom. The zero-order valence-corrected chi connectivity index (χ0v) is 16.8. The molecule has 0 radical (unpaired) electrons. The van der Waals surface area contributed by atoms with Crippen LogP contribution in [0.3, 0.4) is 0 Å². The molecular weight excluding hydrogens is 384 g/mol. The lowest BCUT2D eigenvalue weighted by Gasteiger charge is -2.07. The third-order valence-electron chi connectivity index (χ3n) is 4.27. The molecule has 3 aromatic rings. The molecule has 0 saturated carbocycles. The molecule has 7 heteroatoms. The Kier molecular flexibility index (Phi) is 7.60. The summed E-state index contributed by atoms with van der Waals surface area (Å²) in [5.74, 6) is 0.381. The molecule has 0 aliphatic rings. The molecule has 1 N–H and O–H groups in total. The predicted octanol–water partition coefficient (Wildman–Crippen LogP) is 3.99. The number of aromatic nitrogens is 1. The highest BCUT2D eigenvalue weighted by Crippen LogP contribution is 2.20. The van der Waals surface area contributed by atoms with Crippen molar-refractivity contribution < 1.29 is 23.6 Å². The number of carbonyl (C=O) groups is 2. The molecule has 156 valence electrons. The van der Waals surface area contributed by atoms with Gasteiger partial charge in [0.15, 0.2) is 5.76 Å². The number of ether oxygens (including phenoxy) is 2. The molecule has 0 aliphatic heterocycles. The summed E-state index contributed by atoms with van der Waals surface area (Å²) in [6, 6.07) is 18.0. The van der Waals surface area contributed by atoms with Crippen molar-refractivity contribution in [3.05, 3.63) is 71.9 Å². The Bertz CT molecular complexity index is 951. The van der Waals surface area contributed by atoms with Crippen LogP contribution in [0.4, 0.5) is 0 Å². The first-order chi connectivity index (χ1) is 14.7. The maximum absolute atomic E-state index is 12.2. The highest BCUT2D eigenvalue weighted by atomic mass is 16.5. The van der Waals surface area contributed by atoms with Crippen molar-refractivity contribution in [2.45, 2.75) is 26.4 Å². The number of rotatable bonds is 10. The van der Waals surface area contributed by atoms with Crippen molar-refractivity contribution >= 4 is 11.9 Å². The molecule has 0 unspecified atom stereocenters. The van der Waals surface area contributed by atoms with Crippen LogP contribution in [0.25, 0.3) is 11.3 Å². The molecule has 7 nitrogen and oxygen atoms in total. The predicted molar refractivity (Wildman–Crippen MR) is 111 cm³/mol. The summed E-state index contributed by atoms with van der Waals surface area (Å²) < 4.78 is 16.0. The van der Waals surface area contributed by atoms with Crippen LogP contribution in [0.5, 0.6) is 5.75 Å². The van der Waals surface area contributed by atoms with Crippen molar-refractivity contribution in [2.24, 2.45) is 0 Å². The first kappa shape index (κ1) is 21.1. The first-order valence-electron chi connectivity index (χ1n) is 9.83. The van der Waals surface area contributed by atoms with Gasteiger partial charge < -0.3 is 19.3 Å². The lowest BCUT2D eigenvalue weighted by molar-refractivity contribution is -0.143. The summed E-state index contributed by atoms with van der Waals surface area (Å²) >= 11 is 0. The standard InChI is InChI=1S/C23H24N2O5/c1-2-3-13-28-20-11-9-18(10-12-20)23(27)24-15-22(26)29-16-19-14-21(30-25-19)17-7-5-4-6-8-17/h4-12,14H,2-3,13,15-16H2,1H3,(H,24,27). The van der Waals surface area contributed by atoms with Crippen LogP contribution < -0.4 is 10.1 Å². The van der Waals surface area contributed by atoms with Gasteiger partial charge in [0.05, 0.1) is 6.61 Å².